The fraction of sp³-hybridized carbons (Fsp3) is 0.111. The predicted molar refractivity (Wildman–Crippen MR) is 104 cm³/mol. The van der Waals surface area contributed by atoms with E-state index in [-0.39, 0.29) is 23.2 Å². The van der Waals surface area contributed by atoms with E-state index in [9.17, 15) is 17.6 Å². The van der Waals surface area contributed by atoms with Gasteiger partial charge in [-0.3, -0.25) is 0 Å². The van der Waals surface area contributed by atoms with E-state index in [4.69, 9.17) is 11.6 Å². The predicted octanol–water partition coefficient (Wildman–Crippen LogP) is 7.08. The number of alkyl halides is 3. The van der Waals surface area contributed by atoms with E-state index in [1.165, 1.54) is 12.1 Å². The highest BCUT2D eigenvalue weighted by molar-refractivity contribution is 9.10. The first-order chi connectivity index (χ1) is 13.7. The van der Waals surface area contributed by atoms with Gasteiger partial charge in [0.2, 0.25) is 0 Å². The van der Waals surface area contributed by atoms with E-state index < -0.39 is 17.6 Å². The van der Waals surface area contributed by atoms with Crippen LogP contribution >= 0.6 is 27.5 Å². The van der Waals surface area contributed by atoms with Gasteiger partial charge < -0.3 is 5.32 Å². The minimum absolute atomic E-state index is 0.0758. The molecule has 0 saturated carbocycles. The van der Waals surface area contributed by atoms with Crippen LogP contribution < -0.4 is 5.32 Å². The zero-order chi connectivity index (χ0) is 21.0. The summed E-state index contributed by atoms with van der Waals surface area (Å²) in [5.74, 6) is -1.06. The highest BCUT2D eigenvalue weighted by Gasteiger charge is 2.34. The number of hydrogen-bond acceptors (Lipinski definition) is 5. The molecule has 1 aromatic heterocycles. The third-order valence-electron chi connectivity index (χ3n) is 3.53. The lowest BCUT2D eigenvalue weighted by Crippen LogP contribution is -2.08. The minimum Gasteiger partial charge on any atom is -0.340 e. The van der Waals surface area contributed by atoms with Gasteiger partial charge in [-0.1, -0.05) is 39.7 Å². The van der Waals surface area contributed by atoms with E-state index in [1.54, 1.807) is 0 Å². The molecule has 0 aliphatic rings. The Morgan fingerprint density at radius 3 is 2.59 bits per heavy atom. The molecule has 2 aromatic carbocycles. The van der Waals surface area contributed by atoms with Crippen LogP contribution in [0.3, 0.4) is 0 Å². The van der Waals surface area contributed by atoms with Crippen LogP contribution in [0, 0.1) is 5.82 Å². The van der Waals surface area contributed by atoms with Crippen molar-refractivity contribution >= 4 is 45.0 Å². The number of azo groups is 1. The Bertz CT molecular complexity index is 1060. The SMILES string of the molecule is Fc1ccc(CN=Nc2nc(Cl)cc(Nc3cccc(Br)c3)n2)cc1C(F)(F)F. The summed E-state index contributed by atoms with van der Waals surface area (Å²) in [6.07, 6.45) is -4.79. The largest absolute Gasteiger partial charge is 0.419 e. The first-order valence-electron chi connectivity index (χ1n) is 8.01. The monoisotopic (exact) mass is 487 g/mol. The van der Waals surface area contributed by atoms with Crippen molar-refractivity contribution in [3.05, 3.63) is 75.1 Å². The standard InChI is InChI=1S/C18H11BrClF4N5/c19-11-2-1-3-12(7-11)26-16-8-15(20)27-17(28-16)29-25-9-10-4-5-14(21)13(6-10)18(22,23)24/h1-8H,9H2,(H,26,27,28). The molecule has 5 nitrogen and oxygen atoms in total. The van der Waals surface area contributed by atoms with Crippen LogP contribution in [-0.2, 0) is 12.7 Å². The highest BCUT2D eigenvalue weighted by Crippen LogP contribution is 2.32. The summed E-state index contributed by atoms with van der Waals surface area (Å²) in [5, 5.41) is 10.7. The average Bonchev–Trinajstić information content (AvgIpc) is 2.62. The van der Waals surface area contributed by atoms with Crippen LogP contribution in [-0.4, -0.2) is 9.97 Å². The Morgan fingerprint density at radius 1 is 1.07 bits per heavy atom. The van der Waals surface area contributed by atoms with Gasteiger partial charge >= 0.3 is 6.18 Å². The molecule has 0 fully saturated rings. The number of hydrogen-bond donors (Lipinski definition) is 1. The second-order valence-corrected chi connectivity index (χ2v) is 7.03. The van der Waals surface area contributed by atoms with E-state index in [0.29, 0.717) is 11.9 Å². The second-order valence-electron chi connectivity index (χ2n) is 5.72. The summed E-state index contributed by atoms with van der Waals surface area (Å²) in [4.78, 5) is 8.04. The fourth-order valence-electron chi connectivity index (χ4n) is 2.30. The van der Waals surface area contributed by atoms with Crippen molar-refractivity contribution in [2.75, 3.05) is 5.32 Å². The first kappa shape index (κ1) is 21.1. The van der Waals surface area contributed by atoms with Gasteiger partial charge in [0.05, 0.1) is 12.1 Å². The average molecular weight is 489 g/mol. The molecule has 29 heavy (non-hydrogen) atoms. The summed E-state index contributed by atoms with van der Waals surface area (Å²) in [6, 6.07) is 11.4. The number of nitrogens with zero attached hydrogens (tertiary/aromatic N) is 4. The Hall–Kier alpha value is -2.59. The van der Waals surface area contributed by atoms with E-state index >= 15 is 0 Å². The Morgan fingerprint density at radius 2 is 1.86 bits per heavy atom. The van der Waals surface area contributed by atoms with Gasteiger partial charge in [-0.05, 0) is 35.9 Å². The Kier molecular flexibility index (Phi) is 6.43. The van der Waals surface area contributed by atoms with Crippen LogP contribution in [0.5, 0.6) is 0 Å². The zero-order valence-corrected chi connectivity index (χ0v) is 16.7. The topological polar surface area (TPSA) is 62.5 Å². The normalized spacial score (nSPS) is 11.8. The van der Waals surface area contributed by atoms with Crippen LogP contribution in [0.4, 0.5) is 35.0 Å². The molecule has 0 aliphatic carbocycles. The second kappa shape index (κ2) is 8.83. The molecule has 0 radical (unpaired) electrons. The van der Waals surface area contributed by atoms with Gasteiger partial charge in [0.15, 0.2) is 0 Å². The summed E-state index contributed by atoms with van der Waals surface area (Å²) in [7, 11) is 0. The smallest absolute Gasteiger partial charge is 0.340 e. The van der Waals surface area contributed by atoms with Crippen molar-refractivity contribution in [2.24, 2.45) is 10.2 Å². The van der Waals surface area contributed by atoms with Crippen LogP contribution in [0.1, 0.15) is 11.1 Å². The molecule has 0 saturated heterocycles. The van der Waals surface area contributed by atoms with E-state index in [1.807, 2.05) is 24.3 Å². The zero-order valence-electron chi connectivity index (χ0n) is 14.4. The number of nitrogens with one attached hydrogen (secondary N) is 1. The molecule has 11 heteroatoms. The van der Waals surface area contributed by atoms with Gasteiger partial charge in [0.25, 0.3) is 5.95 Å². The molecule has 0 bridgehead atoms. The molecular weight excluding hydrogens is 478 g/mol. The molecule has 0 atom stereocenters. The third-order valence-corrected chi connectivity index (χ3v) is 4.22. The minimum atomic E-state index is -4.79. The van der Waals surface area contributed by atoms with Gasteiger partial charge in [-0.15, -0.1) is 5.11 Å². The van der Waals surface area contributed by atoms with Crippen molar-refractivity contribution < 1.29 is 17.6 Å². The van der Waals surface area contributed by atoms with Gasteiger partial charge in [-0.25, -0.2) is 4.39 Å². The molecule has 0 spiro atoms. The number of aromatic nitrogens is 2. The van der Waals surface area contributed by atoms with Crippen LogP contribution in [0.25, 0.3) is 0 Å². The number of halogens is 6. The Balaban J connectivity index is 1.75. The quantitative estimate of drug-likeness (QED) is 0.237. The van der Waals surface area contributed by atoms with Crippen molar-refractivity contribution in [3.8, 4) is 0 Å². The molecule has 150 valence electrons. The maximum atomic E-state index is 13.3. The molecule has 3 rings (SSSR count). The summed E-state index contributed by atoms with van der Waals surface area (Å²) >= 11 is 9.32. The van der Waals surface area contributed by atoms with Crippen LogP contribution in [0.2, 0.25) is 5.15 Å². The molecule has 1 N–H and O–H groups in total. The molecule has 0 amide bonds. The molecule has 0 unspecified atom stereocenters. The molecule has 0 aliphatic heterocycles. The van der Waals surface area contributed by atoms with Gasteiger partial charge in [0.1, 0.15) is 16.8 Å². The van der Waals surface area contributed by atoms with Gasteiger partial charge in [0, 0.05) is 16.2 Å². The lowest BCUT2D eigenvalue weighted by atomic mass is 10.1. The highest BCUT2D eigenvalue weighted by atomic mass is 79.9. The number of rotatable bonds is 5. The fourth-order valence-corrected chi connectivity index (χ4v) is 2.87. The third kappa shape index (κ3) is 5.94. The molecule has 3 aromatic rings. The van der Waals surface area contributed by atoms with E-state index in [2.05, 4.69) is 41.4 Å². The lowest BCUT2D eigenvalue weighted by molar-refractivity contribution is -0.140. The van der Waals surface area contributed by atoms with E-state index in [0.717, 1.165) is 16.2 Å². The van der Waals surface area contributed by atoms with Crippen LogP contribution in [0.15, 0.2) is 63.2 Å². The number of benzene rings is 2. The summed E-state index contributed by atoms with van der Waals surface area (Å²) < 4.78 is 52.5. The lowest BCUT2D eigenvalue weighted by Gasteiger charge is -2.08. The van der Waals surface area contributed by atoms with Crippen molar-refractivity contribution in [2.45, 2.75) is 12.7 Å². The molecule has 1 heterocycles. The maximum Gasteiger partial charge on any atom is 0.419 e. The van der Waals surface area contributed by atoms with Gasteiger partial charge in [-0.2, -0.15) is 28.3 Å². The Labute approximate surface area is 176 Å². The summed E-state index contributed by atoms with van der Waals surface area (Å²) in [6.45, 7) is -0.215. The van der Waals surface area contributed by atoms with Crippen molar-refractivity contribution in [3.63, 3.8) is 0 Å². The summed E-state index contributed by atoms with van der Waals surface area (Å²) in [5.41, 5.74) is -0.482. The first-order valence-corrected chi connectivity index (χ1v) is 9.18. The molecular formula is C18H11BrClF4N5. The van der Waals surface area contributed by atoms with Crippen molar-refractivity contribution in [1.82, 2.24) is 9.97 Å². The maximum absolute atomic E-state index is 13.3. The van der Waals surface area contributed by atoms with Crippen molar-refractivity contribution in [1.29, 1.82) is 0 Å². The number of anilines is 2.